The maximum atomic E-state index is 12.3. The van der Waals surface area contributed by atoms with Crippen molar-refractivity contribution in [1.82, 2.24) is 15.1 Å². The van der Waals surface area contributed by atoms with E-state index in [-0.39, 0.29) is 5.91 Å². The van der Waals surface area contributed by atoms with E-state index in [0.717, 1.165) is 25.2 Å². The summed E-state index contributed by atoms with van der Waals surface area (Å²) >= 11 is 5.96. The minimum Gasteiger partial charge on any atom is -0.340 e. The third kappa shape index (κ3) is 3.95. The van der Waals surface area contributed by atoms with Gasteiger partial charge in [-0.05, 0) is 24.2 Å². The van der Waals surface area contributed by atoms with E-state index >= 15 is 0 Å². The number of nitrogens with one attached hydrogen (secondary N) is 1. The fourth-order valence-corrected chi connectivity index (χ4v) is 2.54. The highest BCUT2D eigenvalue weighted by molar-refractivity contribution is 6.30. The first-order valence-electron chi connectivity index (χ1n) is 7.03. The predicted octanol–water partition coefficient (Wildman–Crippen LogP) is 1.59. The Morgan fingerprint density at radius 3 is 2.75 bits per heavy atom. The lowest BCUT2D eigenvalue weighted by molar-refractivity contribution is -0.132. The number of amides is 1. The minimum absolute atomic E-state index is 0.152. The number of hydrogen-bond acceptors (Lipinski definition) is 3. The topological polar surface area (TPSA) is 35.6 Å². The van der Waals surface area contributed by atoms with Gasteiger partial charge in [-0.15, -0.1) is 0 Å². The molecule has 1 aromatic rings. The van der Waals surface area contributed by atoms with Crippen molar-refractivity contribution in [2.24, 2.45) is 0 Å². The molecule has 0 bridgehead atoms. The Labute approximate surface area is 125 Å². The van der Waals surface area contributed by atoms with Crippen LogP contribution in [0, 0.1) is 0 Å². The van der Waals surface area contributed by atoms with Gasteiger partial charge in [0.05, 0.1) is 6.54 Å². The largest absolute Gasteiger partial charge is 0.340 e. The highest BCUT2D eigenvalue weighted by Gasteiger charge is 2.25. The molecule has 0 radical (unpaired) electrons. The summed E-state index contributed by atoms with van der Waals surface area (Å²) in [6.07, 6.45) is 0. The molecular weight excluding hydrogens is 274 g/mol. The Kier molecular flexibility index (Phi) is 5.40. The second kappa shape index (κ2) is 7.07. The average molecular weight is 296 g/mol. The van der Waals surface area contributed by atoms with Gasteiger partial charge >= 0.3 is 0 Å². The molecule has 2 rings (SSSR count). The van der Waals surface area contributed by atoms with Crippen LogP contribution in [0.25, 0.3) is 0 Å². The van der Waals surface area contributed by atoms with Crippen LogP contribution in [-0.4, -0.2) is 55.0 Å². The number of likely N-dealkylation sites (N-methyl/N-ethyl adjacent to an activating group) is 2. The Morgan fingerprint density at radius 1 is 1.45 bits per heavy atom. The maximum Gasteiger partial charge on any atom is 0.236 e. The lowest BCUT2D eigenvalue weighted by atomic mass is 10.1. The molecule has 0 unspecified atom stereocenters. The van der Waals surface area contributed by atoms with Crippen molar-refractivity contribution >= 4 is 17.5 Å². The van der Waals surface area contributed by atoms with Gasteiger partial charge in [-0.2, -0.15) is 0 Å². The number of hydrogen-bond donors (Lipinski definition) is 1. The summed E-state index contributed by atoms with van der Waals surface area (Å²) in [6.45, 7) is 6.06. The zero-order valence-electron chi connectivity index (χ0n) is 12.1. The summed E-state index contributed by atoms with van der Waals surface area (Å²) in [5.74, 6) is 0.152. The second-order valence-corrected chi connectivity index (χ2v) is 5.69. The van der Waals surface area contributed by atoms with Crippen LogP contribution in [0.3, 0.4) is 0 Å². The Bertz CT molecular complexity index is 462. The van der Waals surface area contributed by atoms with E-state index in [0.29, 0.717) is 24.2 Å². The molecule has 0 saturated carbocycles. The van der Waals surface area contributed by atoms with Crippen molar-refractivity contribution in [3.05, 3.63) is 34.9 Å². The van der Waals surface area contributed by atoms with E-state index < -0.39 is 0 Å². The van der Waals surface area contributed by atoms with Gasteiger partial charge in [0, 0.05) is 37.7 Å². The maximum absolute atomic E-state index is 12.3. The van der Waals surface area contributed by atoms with Gasteiger partial charge in [0.2, 0.25) is 5.91 Å². The van der Waals surface area contributed by atoms with Crippen LogP contribution in [0.4, 0.5) is 0 Å². The van der Waals surface area contributed by atoms with Crippen molar-refractivity contribution in [3.63, 3.8) is 0 Å². The predicted molar refractivity (Wildman–Crippen MR) is 81.8 cm³/mol. The normalized spacial score (nSPS) is 15.2. The molecule has 1 N–H and O–H groups in total. The van der Waals surface area contributed by atoms with Gasteiger partial charge in [-0.3, -0.25) is 9.69 Å². The van der Waals surface area contributed by atoms with Gasteiger partial charge < -0.3 is 10.2 Å². The smallest absolute Gasteiger partial charge is 0.236 e. The molecule has 20 heavy (non-hydrogen) atoms. The highest BCUT2D eigenvalue weighted by atomic mass is 35.5. The highest BCUT2D eigenvalue weighted by Crippen LogP contribution is 2.12. The van der Waals surface area contributed by atoms with Crippen LogP contribution in [-0.2, 0) is 11.3 Å². The number of rotatable bonds is 6. The zero-order valence-corrected chi connectivity index (χ0v) is 12.9. The van der Waals surface area contributed by atoms with Crippen LogP contribution in [0.2, 0.25) is 5.02 Å². The van der Waals surface area contributed by atoms with Crippen LogP contribution in [0.5, 0.6) is 0 Å². The Balaban J connectivity index is 1.87. The number of benzene rings is 1. The molecule has 5 heteroatoms. The van der Waals surface area contributed by atoms with Gasteiger partial charge in [-0.25, -0.2) is 0 Å². The summed E-state index contributed by atoms with van der Waals surface area (Å²) in [4.78, 5) is 16.3. The van der Waals surface area contributed by atoms with E-state index in [1.165, 1.54) is 0 Å². The molecule has 0 aliphatic carbocycles. The summed E-state index contributed by atoms with van der Waals surface area (Å²) in [6, 6.07) is 8.15. The molecule has 110 valence electrons. The van der Waals surface area contributed by atoms with E-state index in [9.17, 15) is 4.79 Å². The van der Waals surface area contributed by atoms with Crippen molar-refractivity contribution in [1.29, 1.82) is 0 Å². The standard InChI is InChI=1S/C15H22ClN3O/c1-3-19(14-8-17-9-14)11-15(20)18(2)10-12-5-4-6-13(16)7-12/h4-7,14,17H,3,8-11H2,1-2H3. The van der Waals surface area contributed by atoms with Crippen LogP contribution >= 0.6 is 11.6 Å². The van der Waals surface area contributed by atoms with Crippen LogP contribution < -0.4 is 5.32 Å². The molecule has 1 aliphatic heterocycles. The number of halogens is 1. The van der Waals surface area contributed by atoms with Crippen molar-refractivity contribution < 1.29 is 4.79 Å². The van der Waals surface area contributed by atoms with E-state index in [4.69, 9.17) is 11.6 Å². The van der Waals surface area contributed by atoms with Crippen LogP contribution in [0.1, 0.15) is 12.5 Å². The fraction of sp³-hybridized carbons (Fsp3) is 0.533. The molecule has 1 heterocycles. The van der Waals surface area contributed by atoms with E-state index in [1.54, 1.807) is 4.90 Å². The molecule has 0 aromatic heterocycles. The minimum atomic E-state index is 0.152. The number of carbonyl (C=O) groups excluding carboxylic acids is 1. The van der Waals surface area contributed by atoms with Gasteiger partial charge in [0.25, 0.3) is 0 Å². The Hall–Kier alpha value is -1.10. The van der Waals surface area contributed by atoms with Crippen molar-refractivity contribution in [2.75, 3.05) is 33.2 Å². The molecule has 1 amide bonds. The third-order valence-electron chi connectivity index (χ3n) is 3.76. The van der Waals surface area contributed by atoms with Crippen molar-refractivity contribution in [2.45, 2.75) is 19.5 Å². The van der Waals surface area contributed by atoms with E-state index in [1.807, 2.05) is 31.3 Å². The molecule has 1 aliphatic rings. The molecule has 4 nitrogen and oxygen atoms in total. The quantitative estimate of drug-likeness (QED) is 0.866. The van der Waals surface area contributed by atoms with Gasteiger partial charge in [0.1, 0.15) is 0 Å². The Morgan fingerprint density at radius 2 is 2.20 bits per heavy atom. The first kappa shape index (κ1) is 15.3. The van der Waals surface area contributed by atoms with Crippen LogP contribution in [0.15, 0.2) is 24.3 Å². The van der Waals surface area contributed by atoms with Gasteiger partial charge in [-0.1, -0.05) is 30.7 Å². The molecule has 0 atom stereocenters. The summed E-state index contributed by atoms with van der Waals surface area (Å²) in [7, 11) is 1.84. The lowest BCUT2D eigenvalue weighted by Gasteiger charge is -2.37. The monoisotopic (exact) mass is 295 g/mol. The molecule has 0 spiro atoms. The first-order valence-corrected chi connectivity index (χ1v) is 7.41. The summed E-state index contributed by atoms with van der Waals surface area (Å²) < 4.78 is 0. The van der Waals surface area contributed by atoms with Gasteiger partial charge in [0.15, 0.2) is 0 Å². The molecule has 1 fully saturated rings. The molecule has 1 aromatic carbocycles. The third-order valence-corrected chi connectivity index (χ3v) is 3.99. The SMILES string of the molecule is CCN(CC(=O)N(C)Cc1cccc(Cl)c1)C1CNC1. The zero-order chi connectivity index (χ0) is 14.5. The molecular formula is C15H22ClN3O. The fourth-order valence-electron chi connectivity index (χ4n) is 2.32. The number of nitrogens with zero attached hydrogens (tertiary/aromatic N) is 2. The second-order valence-electron chi connectivity index (χ2n) is 5.25. The van der Waals surface area contributed by atoms with E-state index in [2.05, 4.69) is 17.1 Å². The molecule has 1 saturated heterocycles. The summed E-state index contributed by atoms with van der Waals surface area (Å²) in [5, 5.41) is 3.95. The summed E-state index contributed by atoms with van der Waals surface area (Å²) in [5.41, 5.74) is 1.06. The average Bonchev–Trinajstić information content (AvgIpc) is 2.35. The number of carbonyl (C=O) groups is 1. The van der Waals surface area contributed by atoms with Crippen molar-refractivity contribution in [3.8, 4) is 0 Å². The lowest BCUT2D eigenvalue weighted by Crippen LogP contribution is -2.58. The first-order chi connectivity index (χ1) is 9.60.